The van der Waals surface area contributed by atoms with E-state index in [0.717, 1.165) is 0 Å². The average molecular weight is 229 g/mol. The number of hydrogen-bond donors (Lipinski definition) is 3. The van der Waals surface area contributed by atoms with Crippen LogP contribution in [0.25, 0.3) is 0 Å². The van der Waals surface area contributed by atoms with Crippen LogP contribution in [0.5, 0.6) is 0 Å². The molecule has 1 aromatic heterocycles. The van der Waals surface area contributed by atoms with E-state index in [1.54, 1.807) is 18.5 Å². The molecule has 0 aliphatic rings. The summed E-state index contributed by atoms with van der Waals surface area (Å²) >= 11 is 1.29. The number of carboxylic acids is 1. The predicted molar refractivity (Wildman–Crippen MR) is 56.0 cm³/mol. The topological polar surface area (TPSA) is 91.3 Å². The van der Waals surface area contributed by atoms with E-state index in [-0.39, 0.29) is 6.42 Å². The number of thiazole rings is 1. The predicted octanol–water partition coefficient (Wildman–Crippen LogP) is 1.13. The van der Waals surface area contributed by atoms with E-state index in [1.165, 1.54) is 11.3 Å². The van der Waals surface area contributed by atoms with Gasteiger partial charge in [0.15, 0.2) is 5.13 Å². The molecule has 0 aromatic carbocycles. The van der Waals surface area contributed by atoms with E-state index >= 15 is 0 Å². The SMILES string of the molecule is CC(CC(=O)O)NC(=O)Nc1nccs1. The molecule has 1 atom stereocenters. The number of carbonyl (C=O) groups is 2. The molecule has 0 spiro atoms. The lowest BCUT2D eigenvalue weighted by molar-refractivity contribution is -0.137. The second kappa shape index (κ2) is 5.30. The van der Waals surface area contributed by atoms with Crippen molar-refractivity contribution in [3.05, 3.63) is 11.6 Å². The van der Waals surface area contributed by atoms with Gasteiger partial charge in [0.05, 0.1) is 6.42 Å². The quantitative estimate of drug-likeness (QED) is 0.721. The van der Waals surface area contributed by atoms with E-state index in [2.05, 4.69) is 15.6 Å². The number of carboxylic acid groups (broad SMARTS) is 1. The molecule has 2 amide bonds. The highest BCUT2D eigenvalue weighted by Crippen LogP contribution is 2.09. The second-order valence-corrected chi connectivity index (χ2v) is 3.83. The Kier molecular flexibility index (Phi) is 4.04. The number of nitrogens with one attached hydrogen (secondary N) is 2. The van der Waals surface area contributed by atoms with Crippen molar-refractivity contribution in [2.24, 2.45) is 0 Å². The van der Waals surface area contributed by atoms with Crippen LogP contribution in [0.3, 0.4) is 0 Å². The van der Waals surface area contributed by atoms with E-state index in [1.807, 2.05) is 0 Å². The Morgan fingerprint density at radius 2 is 2.40 bits per heavy atom. The first-order valence-electron chi connectivity index (χ1n) is 4.26. The molecule has 1 unspecified atom stereocenters. The van der Waals surface area contributed by atoms with Crippen LogP contribution in [0.4, 0.5) is 9.93 Å². The number of nitrogens with zero attached hydrogens (tertiary/aromatic N) is 1. The van der Waals surface area contributed by atoms with Crippen LogP contribution in [0.2, 0.25) is 0 Å². The highest BCUT2D eigenvalue weighted by atomic mass is 32.1. The summed E-state index contributed by atoms with van der Waals surface area (Å²) < 4.78 is 0. The molecule has 6 nitrogen and oxygen atoms in total. The standard InChI is InChI=1S/C8H11N3O3S/c1-5(4-6(12)13)10-7(14)11-8-9-2-3-15-8/h2-3,5H,4H2,1H3,(H,12,13)(H2,9,10,11,14). The lowest BCUT2D eigenvalue weighted by atomic mass is 10.2. The van der Waals surface area contributed by atoms with Gasteiger partial charge in [0.25, 0.3) is 0 Å². The van der Waals surface area contributed by atoms with Crippen LogP contribution >= 0.6 is 11.3 Å². The van der Waals surface area contributed by atoms with Crippen LogP contribution in [0.1, 0.15) is 13.3 Å². The summed E-state index contributed by atoms with van der Waals surface area (Å²) in [6.45, 7) is 1.62. The zero-order valence-corrected chi connectivity index (χ0v) is 8.87. The number of hydrogen-bond acceptors (Lipinski definition) is 4. The minimum absolute atomic E-state index is 0.106. The fourth-order valence-electron chi connectivity index (χ4n) is 0.955. The summed E-state index contributed by atoms with van der Waals surface area (Å²) in [6.07, 6.45) is 1.46. The minimum atomic E-state index is -0.947. The van der Waals surface area contributed by atoms with Gasteiger partial charge in [0, 0.05) is 17.6 Å². The van der Waals surface area contributed by atoms with Gasteiger partial charge in [-0.05, 0) is 6.92 Å². The fraction of sp³-hybridized carbons (Fsp3) is 0.375. The van der Waals surface area contributed by atoms with Gasteiger partial charge in [0.1, 0.15) is 0 Å². The van der Waals surface area contributed by atoms with Crippen molar-refractivity contribution in [2.75, 3.05) is 5.32 Å². The van der Waals surface area contributed by atoms with Gasteiger partial charge in [-0.1, -0.05) is 0 Å². The van der Waals surface area contributed by atoms with Crippen molar-refractivity contribution in [1.82, 2.24) is 10.3 Å². The van der Waals surface area contributed by atoms with Crippen molar-refractivity contribution in [3.8, 4) is 0 Å². The summed E-state index contributed by atoms with van der Waals surface area (Å²) in [7, 11) is 0. The first kappa shape index (κ1) is 11.4. The van der Waals surface area contributed by atoms with E-state index in [4.69, 9.17) is 5.11 Å². The van der Waals surface area contributed by atoms with Crippen molar-refractivity contribution in [2.45, 2.75) is 19.4 Å². The van der Waals surface area contributed by atoms with Crippen LogP contribution in [0, 0.1) is 0 Å². The normalized spacial score (nSPS) is 11.8. The molecule has 0 radical (unpaired) electrons. The molecule has 1 aromatic rings. The largest absolute Gasteiger partial charge is 0.481 e. The first-order chi connectivity index (χ1) is 7.08. The average Bonchev–Trinajstić information content (AvgIpc) is 2.53. The van der Waals surface area contributed by atoms with Crippen LogP contribution < -0.4 is 10.6 Å². The van der Waals surface area contributed by atoms with E-state index < -0.39 is 18.0 Å². The Morgan fingerprint density at radius 1 is 1.67 bits per heavy atom. The Hall–Kier alpha value is -1.63. The molecule has 3 N–H and O–H groups in total. The van der Waals surface area contributed by atoms with Crippen LogP contribution in [-0.2, 0) is 4.79 Å². The van der Waals surface area contributed by atoms with Crippen LogP contribution in [-0.4, -0.2) is 28.1 Å². The van der Waals surface area contributed by atoms with Gasteiger partial charge in [-0.2, -0.15) is 0 Å². The molecule has 0 saturated carbocycles. The highest BCUT2D eigenvalue weighted by Gasteiger charge is 2.11. The first-order valence-corrected chi connectivity index (χ1v) is 5.14. The Labute approximate surface area is 90.3 Å². The molecule has 15 heavy (non-hydrogen) atoms. The smallest absolute Gasteiger partial charge is 0.321 e. The van der Waals surface area contributed by atoms with Gasteiger partial charge in [-0.15, -0.1) is 11.3 Å². The maximum Gasteiger partial charge on any atom is 0.321 e. The molecule has 0 aliphatic heterocycles. The molecule has 1 heterocycles. The number of urea groups is 1. The van der Waals surface area contributed by atoms with E-state index in [9.17, 15) is 9.59 Å². The van der Waals surface area contributed by atoms with Gasteiger partial charge in [0.2, 0.25) is 0 Å². The molecule has 7 heteroatoms. The summed E-state index contributed by atoms with van der Waals surface area (Å²) in [6, 6.07) is -0.860. The van der Waals surface area contributed by atoms with Crippen molar-refractivity contribution in [3.63, 3.8) is 0 Å². The number of rotatable bonds is 4. The van der Waals surface area contributed by atoms with E-state index in [0.29, 0.717) is 5.13 Å². The zero-order chi connectivity index (χ0) is 11.3. The Morgan fingerprint density at radius 3 is 2.93 bits per heavy atom. The summed E-state index contributed by atoms with van der Waals surface area (Å²) in [5.41, 5.74) is 0. The third kappa shape index (κ3) is 4.41. The molecular formula is C8H11N3O3S. The Balaban J connectivity index is 2.33. The van der Waals surface area contributed by atoms with Crippen LogP contribution in [0.15, 0.2) is 11.6 Å². The van der Waals surface area contributed by atoms with Gasteiger partial charge in [-0.25, -0.2) is 9.78 Å². The maximum absolute atomic E-state index is 11.3. The molecule has 82 valence electrons. The van der Waals surface area contributed by atoms with Gasteiger partial charge < -0.3 is 10.4 Å². The fourth-order valence-corrected chi connectivity index (χ4v) is 1.48. The lowest BCUT2D eigenvalue weighted by Crippen LogP contribution is -2.37. The van der Waals surface area contributed by atoms with Crippen molar-refractivity contribution in [1.29, 1.82) is 0 Å². The number of amides is 2. The van der Waals surface area contributed by atoms with Gasteiger partial charge in [-0.3, -0.25) is 10.1 Å². The third-order valence-electron chi connectivity index (χ3n) is 1.51. The number of aliphatic carboxylic acids is 1. The molecular weight excluding hydrogens is 218 g/mol. The molecule has 0 bridgehead atoms. The molecule has 0 fully saturated rings. The highest BCUT2D eigenvalue weighted by molar-refractivity contribution is 7.13. The lowest BCUT2D eigenvalue weighted by Gasteiger charge is -2.10. The summed E-state index contributed by atoms with van der Waals surface area (Å²) in [5.74, 6) is -0.947. The maximum atomic E-state index is 11.3. The summed E-state index contributed by atoms with van der Waals surface area (Å²) in [5, 5.41) is 15.7. The summed E-state index contributed by atoms with van der Waals surface area (Å²) in [4.78, 5) is 25.4. The molecule has 0 saturated heterocycles. The zero-order valence-electron chi connectivity index (χ0n) is 8.06. The number of anilines is 1. The van der Waals surface area contributed by atoms with Crippen molar-refractivity contribution < 1.29 is 14.7 Å². The number of carbonyl (C=O) groups excluding carboxylic acids is 1. The third-order valence-corrected chi connectivity index (χ3v) is 2.20. The number of aromatic nitrogens is 1. The second-order valence-electron chi connectivity index (χ2n) is 2.93. The molecule has 0 aliphatic carbocycles. The minimum Gasteiger partial charge on any atom is -0.481 e. The Bertz CT molecular complexity index is 339. The van der Waals surface area contributed by atoms with Gasteiger partial charge >= 0.3 is 12.0 Å². The monoisotopic (exact) mass is 229 g/mol. The van der Waals surface area contributed by atoms with Crippen molar-refractivity contribution >= 4 is 28.5 Å². The molecule has 1 rings (SSSR count).